The molecule has 1 aromatic rings. The molecule has 1 saturated heterocycles. The highest BCUT2D eigenvalue weighted by Gasteiger charge is 2.22. The molecule has 1 aromatic heterocycles. The van der Waals surface area contributed by atoms with Gasteiger partial charge in [-0.25, -0.2) is 9.97 Å². The molecule has 2 N–H and O–H groups in total. The Bertz CT molecular complexity index is 229. The van der Waals surface area contributed by atoms with E-state index in [1.807, 2.05) is 0 Å². The van der Waals surface area contributed by atoms with E-state index in [4.69, 9.17) is 5.11 Å². The first kappa shape index (κ1) is 5.61. The zero-order valence-corrected chi connectivity index (χ0v) is 5.28. The first-order valence-electron chi connectivity index (χ1n) is 3.10. The molecule has 1 fully saturated rings. The van der Waals surface area contributed by atoms with E-state index in [0.717, 1.165) is 12.1 Å². The molecule has 1 aliphatic rings. The molecule has 0 saturated carbocycles. The van der Waals surface area contributed by atoms with Gasteiger partial charge in [-0.15, -0.1) is 0 Å². The van der Waals surface area contributed by atoms with Crippen molar-refractivity contribution in [3.63, 3.8) is 0 Å². The number of aromatic hydroxyl groups is 1. The summed E-state index contributed by atoms with van der Waals surface area (Å²) in [5, 5.41) is 11.8. The second-order valence-electron chi connectivity index (χ2n) is 2.28. The van der Waals surface area contributed by atoms with Crippen LogP contribution < -0.4 is 5.32 Å². The molecule has 0 bridgehead atoms. The fourth-order valence-corrected chi connectivity index (χ4v) is 0.806. The first-order chi connectivity index (χ1) is 4.86. The van der Waals surface area contributed by atoms with Gasteiger partial charge < -0.3 is 10.4 Å². The van der Waals surface area contributed by atoms with Crippen LogP contribution in [-0.2, 0) is 0 Å². The quantitative estimate of drug-likeness (QED) is 0.527. The number of hydrogen-bond acceptors (Lipinski definition) is 4. The molecule has 0 amide bonds. The third kappa shape index (κ3) is 0.930. The van der Waals surface area contributed by atoms with Gasteiger partial charge in [0.1, 0.15) is 0 Å². The van der Waals surface area contributed by atoms with E-state index < -0.39 is 0 Å². The minimum Gasteiger partial charge on any atom is -0.479 e. The van der Waals surface area contributed by atoms with Gasteiger partial charge in [0.05, 0.1) is 0 Å². The average molecular weight is 137 g/mol. The van der Waals surface area contributed by atoms with Crippen LogP contribution in [0.1, 0.15) is 11.6 Å². The van der Waals surface area contributed by atoms with Crippen molar-refractivity contribution >= 4 is 0 Å². The molecule has 52 valence electrons. The molecule has 0 aromatic carbocycles. The van der Waals surface area contributed by atoms with Crippen LogP contribution in [0.4, 0.5) is 0 Å². The zero-order chi connectivity index (χ0) is 6.97. The third-order valence-electron chi connectivity index (χ3n) is 1.47. The molecule has 0 aliphatic carbocycles. The van der Waals surface area contributed by atoms with Crippen LogP contribution in [0.25, 0.3) is 0 Å². The molecule has 2 heterocycles. The SMILES string of the molecule is Oc1ncc(C2CN2)cn1. The molecule has 4 nitrogen and oxygen atoms in total. The highest BCUT2D eigenvalue weighted by Crippen LogP contribution is 2.19. The van der Waals surface area contributed by atoms with Gasteiger partial charge in [-0.05, 0) is 0 Å². The second kappa shape index (κ2) is 1.91. The van der Waals surface area contributed by atoms with E-state index in [2.05, 4.69) is 15.3 Å². The van der Waals surface area contributed by atoms with Crippen molar-refractivity contribution in [1.82, 2.24) is 15.3 Å². The van der Waals surface area contributed by atoms with Gasteiger partial charge >= 0.3 is 6.01 Å². The minimum atomic E-state index is -0.163. The Balaban J connectivity index is 2.28. The van der Waals surface area contributed by atoms with Crippen LogP contribution in [0.2, 0.25) is 0 Å². The molecule has 4 heteroatoms. The predicted octanol–water partition coefficient (Wildman–Crippen LogP) is -0.174. The Labute approximate surface area is 57.9 Å². The second-order valence-corrected chi connectivity index (χ2v) is 2.28. The Morgan fingerprint density at radius 1 is 1.50 bits per heavy atom. The zero-order valence-electron chi connectivity index (χ0n) is 5.28. The number of rotatable bonds is 1. The van der Waals surface area contributed by atoms with Crippen molar-refractivity contribution in [2.75, 3.05) is 6.54 Å². The number of hydrogen-bond donors (Lipinski definition) is 2. The van der Waals surface area contributed by atoms with E-state index in [1.54, 1.807) is 12.4 Å². The number of nitrogens with zero attached hydrogens (tertiary/aromatic N) is 2. The normalized spacial score (nSPS) is 22.6. The molecule has 0 radical (unpaired) electrons. The monoisotopic (exact) mass is 137 g/mol. The fraction of sp³-hybridized carbons (Fsp3) is 0.333. The average Bonchev–Trinajstić information content (AvgIpc) is 2.71. The van der Waals surface area contributed by atoms with Crippen molar-refractivity contribution in [3.8, 4) is 6.01 Å². The molecular weight excluding hydrogens is 130 g/mol. The summed E-state index contributed by atoms with van der Waals surface area (Å²) in [4.78, 5) is 7.29. The maximum atomic E-state index is 8.72. The topological polar surface area (TPSA) is 68.0 Å². The Morgan fingerprint density at radius 3 is 2.60 bits per heavy atom. The summed E-state index contributed by atoms with van der Waals surface area (Å²) >= 11 is 0. The van der Waals surface area contributed by atoms with Crippen LogP contribution in [0.5, 0.6) is 6.01 Å². The van der Waals surface area contributed by atoms with E-state index in [-0.39, 0.29) is 6.01 Å². The van der Waals surface area contributed by atoms with Crippen LogP contribution in [-0.4, -0.2) is 21.6 Å². The lowest BCUT2D eigenvalue weighted by atomic mass is 10.3. The highest BCUT2D eigenvalue weighted by molar-refractivity contribution is 5.17. The minimum absolute atomic E-state index is 0.163. The molecule has 10 heavy (non-hydrogen) atoms. The van der Waals surface area contributed by atoms with Crippen LogP contribution in [0, 0.1) is 0 Å². The summed E-state index contributed by atoms with van der Waals surface area (Å²) in [5.41, 5.74) is 1.04. The molecular formula is C6H7N3O. The van der Waals surface area contributed by atoms with Gasteiger partial charge in [0, 0.05) is 30.5 Å². The smallest absolute Gasteiger partial charge is 0.313 e. The van der Waals surface area contributed by atoms with Crippen molar-refractivity contribution in [2.24, 2.45) is 0 Å². The summed E-state index contributed by atoms with van der Waals surface area (Å²) in [6.45, 7) is 0.994. The van der Waals surface area contributed by atoms with Gasteiger partial charge in [-0.2, -0.15) is 0 Å². The van der Waals surface area contributed by atoms with E-state index >= 15 is 0 Å². The summed E-state index contributed by atoms with van der Waals surface area (Å²) in [7, 11) is 0. The molecule has 0 spiro atoms. The highest BCUT2D eigenvalue weighted by atomic mass is 16.3. The summed E-state index contributed by atoms with van der Waals surface area (Å²) in [5.74, 6) is 0. The van der Waals surface area contributed by atoms with E-state index in [9.17, 15) is 0 Å². The standard InChI is InChI=1S/C6H7N3O/c10-6-8-1-4(2-9-6)5-3-7-5/h1-2,5,7H,3H2,(H,8,9,10). The Morgan fingerprint density at radius 2 is 2.10 bits per heavy atom. The fourth-order valence-electron chi connectivity index (χ4n) is 0.806. The van der Waals surface area contributed by atoms with Crippen molar-refractivity contribution in [1.29, 1.82) is 0 Å². The lowest BCUT2D eigenvalue weighted by Crippen LogP contribution is -1.87. The number of nitrogens with one attached hydrogen (secondary N) is 1. The van der Waals surface area contributed by atoms with Crippen molar-refractivity contribution in [2.45, 2.75) is 6.04 Å². The maximum absolute atomic E-state index is 8.72. The predicted molar refractivity (Wildman–Crippen MR) is 34.4 cm³/mol. The van der Waals surface area contributed by atoms with Crippen LogP contribution in [0.15, 0.2) is 12.4 Å². The van der Waals surface area contributed by atoms with Gasteiger partial charge in [0.15, 0.2) is 0 Å². The summed E-state index contributed by atoms with van der Waals surface area (Å²) in [6, 6.07) is 0.255. The molecule has 2 rings (SSSR count). The molecule has 1 atom stereocenters. The van der Waals surface area contributed by atoms with E-state index in [1.165, 1.54) is 0 Å². The van der Waals surface area contributed by atoms with Crippen molar-refractivity contribution in [3.05, 3.63) is 18.0 Å². The summed E-state index contributed by atoms with van der Waals surface area (Å²) in [6.07, 6.45) is 3.26. The van der Waals surface area contributed by atoms with Gasteiger partial charge in [0.25, 0.3) is 0 Å². The van der Waals surface area contributed by atoms with Gasteiger partial charge in [-0.3, -0.25) is 0 Å². The van der Waals surface area contributed by atoms with E-state index in [0.29, 0.717) is 6.04 Å². The Hall–Kier alpha value is -1.16. The Kier molecular flexibility index (Phi) is 1.07. The lowest BCUT2D eigenvalue weighted by Gasteiger charge is -1.92. The largest absolute Gasteiger partial charge is 0.479 e. The number of aromatic nitrogens is 2. The van der Waals surface area contributed by atoms with Gasteiger partial charge in [-0.1, -0.05) is 0 Å². The van der Waals surface area contributed by atoms with Crippen LogP contribution >= 0.6 is 0 Å². The third-order valence-corrected chi connectivity index (χ3v) is 1.47. The lowest BCUT2D eigenvalue weighted by molar-refractivity contribution is 0.429. The molecule has 1 unspecified atom stereocenters. The maximum Gasteiger partial charge on any atom is 0.313 e. The molecule has 1 aliphatic heterocycles. The first-order valence-corrected chi connectivity index (χ1v) is 3.10. The van der Waals surface area contributed by atoms with Crippen LogP contribution in [0.3, 0.4) is 0 Å². The van der Waals surface area contributed by atoms with Crippen molar-refractivity contribution < 1.29 is 5.11 Å². The van der Waals surface area contributed by atoms with Gasteiger partial charge in [0.2, 0.25) is 0 Å². The summed E-state index contributed by atoms with van der Waals surface area (Å²) < 4.78 is 0.